The fraction of sp³-hybridized carbons (Fsp3) is 0.261. The number of rotatable bonds is 9. The molecule has 1 unspecified atom stereocenters. The molecule has 0 bridgehead atoms. The van der Waals surface area contributed by atoms with Crippen LogP contribution in [0, 0.1) is 0 Å². The standard InChI is InChI=1S/C23H26NO3PS/c1-2-24-17-15-20(16-18-24)23(29(25,26)27)14-9-19-28(21-10-5-3-6-11-21)22-12-7-4-8-13-22/h3-8,10-13,15-18,23H,2,9,14,19H2,1H3/p+1. The molecule has 0 aliphatic rings. The highest BCUT2D eigenvalue weighted by molar-refractivity contribution is 7.86. The van der Waals surface area contributed by atoms with Gasteiger partial charge in [-0.15, -0.1) is 0 Å². The average Bonchev–Trinajstić information content (AvgIpc) is 2.74. The van der Waals surface area contributed by atoms with Crippen LogP contribution in [-0.4, -0.2) is 19.1 Å². The Morgan fingerprint density at radius 3 is 1.86 bits per heavy atom. The van der Waals surface area contributed by atoms with Crippen LogP contribution in [0.15, 0.2) is 85.2 Å². The van der Waals surface area contributed by atoms with Crippen LogP contribution in [0.5, 0.6) is 0 Å². The zero-order chi connectivity index (χ0) is 20.7. The minimum atomic E-state index is -4.17. The molecule has 2 aromatic carbocycles. The SMILES string of the molecule is CC[n+]1ccc(C(CCCP(c2ccccc2)c2ccccc2)S(=O)(=O)O)cc1. The van der Waals surface area contributed by atoms with E-state index in [1.165, 1.54) is 10.6 Å². The minimum absolute atomic E-state index is 0.396. The zero-order valence-electron chi connectivity index (χ0n) is 16.6. The maximum atomic E-state index is 12.1. The van der Waals surface area contributed by atoms with Crippen LogP contribution in [0.3, 0.4) is 0 Å². The van der Waals surface area contributed by atoms with Crippen molar-refractivity contribution in [3.05, 3.63) is 90.8 Å². The molecule has 4 nitrogen and oxygen atoms in total. The largest absolute Gasteiger partial charge is 0.285 e. The number of hydrogen-bond donors (Lipinski definition) is 1. The van der Waals surface area contributed by atoms with Crippen molar-refractivity contribution in [1.29, 1.82) is 0 Å². The second-order valence-corrected chi connectivity index (χ2v) is 10.9. The lowest BCUT2D eigenvalue weighted by Gasteiger charge is -2.20. The van der Waals surface area contributed by atoms with Gasteiger partial charge in [-0.1, -0.05) is 60.7 Å². The molecular formula is C23H27NO3PS+. The summed E-state index contributed by atoms with van der Waals surface area (Å²) < 4.78 is 35.9. The van der Waals surface area contributed by atoms with Crippen LogP contribution in [-0.2, 0) is 16.7 Å². The van der Waals surface area contributed by atoms with Gasteiger partial charge in [0, 0.05) is 12.1 Å². The Hall–Kier alpha value is -2.07. The summed E-state index contributed by atoms with van der Waals surface area (Å²) in [6, 6.07) is 24.3. The lowest BCUT2D eigenvalue weighted by Crippen LogP contribution is -2.31. The number of aromatic nitrogens is 1. The maximum absolute atomic E-state index is 12.1. The lowest BCUT2D eigenvalue weighted by molar-refractivity contribution is -0.693. The van der Waals surface area contributed by atoms with Gasteiger partial charge in [-0.05, 0) is 50.0 Å². The van der Waals surface area contributed by atoms with Crippen LogP contribution in [0.4, 0.5) is 0 Å². The van der Waals surface area contributed by atoms with Gasteiger partial charge in [0.1, 0.15) is 11.8 Å². The van der Waals surface area contributed by atoms with Crippen molar-refractivity contribution in [2.24, 2.45) is 0 Å². The van der Waals surface area contributed by atoms with Crippen LogP contribution >= 0.6 is 7.92 Å². The molecule has 3 rings (SSSR count). The van der Waals surface area contributed by atoms with Crippen molar-refractivity contribution >= 4 is 28.6 Å². The van der Waals surface area contributed by atoms with Crippen LogP contribution in [0.1, 0.15) is 30.6 Å². The number of pyridine rings is 1. The number of nitrogens with zero attached hydrogens (tertiary/aromatic N) is 1. The van der Waals surface area contributed by atoms with Crippen molar-refractivity contribution in [3.63, 3.8) is 0 Å². The molecular weight excluding hydrogens is 401 g/mol. The van der Waals surface area contributed by atoms with Gasteiger partial charge in [-0.2, -0.15) is 8.42 Å². The van der Waals surface area contributed by atoms with E-state index in [2.05, 4.69) is 24.3 Å². The van der Waals surface area contributed by atoms with E-state index in [9.17, 15) is 13.0 Å². The molecule has 0 aliphatic carbocycles. The average molecular weight is 429 g/mol. The molecule has 3 aromatic rings. The van der Waals surface area contributed by atoms with E-state index in [-0.39, 0.29) is 0 Å². The molecule has 0 saturated heterocycles. The maximum Gasteiger partial charge on any atom is 0.271 e. The molecule has 1 N–H and O–H groups in total. The smallest absolute Gasteiger partial charge is 0.271 e. The molecule has 0 radical (unpaired) electrons. The highest BCUT2D eigenvalue weighted by atomic mass is 32.2. The number of benzene rings is 2. The predicted octanol–water partition coefficient (Wildman–Crippen LogP) is 3.84. The Bertz CT molecular complexity index is 954. The first-order chi connectivity index (χ1) is 14.0. The Labute approximate surface area is 174 Å². The summed E-state index contributed by atoms with van der Waals surface area (Å²) in [6.45, 7) is 2.84. The van der Waals surface area contributed by atoms with Crippen LogP contribution < -0.4 is 15.2 Å². The number of hydrogen-bond acceptors (Lipinski definition) is 2. The van der Waals surface area contributed by atoms with Gasteiger partial charge in [0.05, 0.1) is 0 Å². The molecule has 0 spiro atoms. The topological polar surface area (TPSA) is 58.2 Å². The fourth-order valence-corrected chi connectivity index (χ4v) is 6.78. The summed E-state index contributed by atoms with van der Waals surface area (Å²) in [5.74, 6) is 0. The zero-order valence-corrected chi connectivity index (χ0v) is 18.3. The van der Waals surface area contributed by atoms with Gasteiger partial charge in [-0.25, -0.2) is 4.57 Å². The molecule has 0 amide bonds. The van der Waals surface area contributed by atoms with Crippen LogP contribution in [0.2, 0.25) is 0 Å². The third kappa shape index (κ3) is 5.96. The predicted molar refractivity (Wildman–Crippen MR) is 120 cm³/mol. The Balaban J connectivity index is 1.77. The highest BCUT2D eigenvalue weighted by Crippen LogP contribution is 2.36. The van der Waals surface area contributed by atoms with Gasteiger partial charge >= 0.3 is 0 Å². The summed E-state index contributed by atoms with van der Waals surface area (Å²) in [7, 11) is -4.74. The molecule has 0 fully saturated rings. The summed E-state index contributed by atoms with van der Waals surface area (Å²) in [4.78, 5) is 0. The molecule has 1 aromatic heterocycles. The van der Waals surface area contributed by atoms with Crippen molar-refractivity contribution < 1.29 is 17.5 Å². The van der Waals surface area contributed by atoms with E-state index in [1.54, 1.807) is 12.1 Å². The van der Waals surface area contributed by atoms with Gasteiger partial charge in [0.15, 0.2) is 12.4 Å². The second kappa shape index (κ2) is 10.1. The second-order valence-electron chi connectivity index (χ2n) is 6.93. The van der Waals surface area contributed by atoms with Gasteiger partial charge in [0.25, 0.3) is 10.1 Å². The summed E-state index contributed by atoms with van der Waals surface area (Å²) in [6.07, 6.45) is 5.69. The van der Waals surface area contributed by atoms with E-state index in [0.717, 1.165) is 12.7 Å². The normalized spacial score (nSPS) is 12.8. The Kier molecular flexibility index (Phi) is 7.54. The van der Waals surface area contributed by atoms with E-state index in [0.29, 0.717) is 18.4 Å². The van der Waals surface area contributed by atoms with Crippen LogP contribution in [0.25, 0.3) is 0 Å². The first kappa shape index (κ1) is 21.6. The highest BCUT2D eigenvalue weighted by Gasteiger charge is 2.26. The summed E-state index contributed by atoms with van der Waals surface area (Å²) >= 11 is 0. The minimum Gasteiger partial charge on any atom is -0.285 e. The molecule has 0 aliphatic heterocycles. The van der Waals surface area contributed by atoms with E-state index in [4.69, 9.17) is 0 Å². The third-order valence-corrected chi connectivity index (χ3v) is 8.83. The number of aryl methyl sites for hydroxylation is 1. The molecule has 1 atom stereocenters. The quantitative estimate of drug-likeness (QED) is 0.320. The summed E-state index contributed by atoms with van der Waals surface area (Å²) in [5.41, 5.74) is 0.640. The fourth-order valence-electron chi connectivity index (χ4n) is 3.44. The Morgan fingerprint density at radius 2 is 1.41 bits per heavy atom. The molecule has 0 saturated carbocycles. The lowest BCUT2D eigenvalue weighted by atomic mass is 10.1. The summed E-state index contributed by atoms with van der Waals surface area (Å²) in [5, 5.41) is 1.67. The van der Waals surface area contributed by atoms with Crippen molar-refractivity contribution in [1.82, 2.24) is 0 Å². The first-order valence-corrected chi connectivity index (χ1v) is 12.8. The van der Waals surface area contributed by atoms with E-state index < -0.39 is 23.3 Å². The third-order valence-electron chi connectivity index (χ3n) is 5.00. The van der Waals surface area contributed by atoms with Crippen molar-refractivity contribution in [3.8, 4) is 0 Å². The molecule has 6 heteroatoms. The molecule has 1 heterocycles. The Morgan fingerprint density at radius 1 is 0.897 bits per heavy atom. The van der Waals surface area contributed by atoms with Gasteiger partial charge in [0.2, 0.25) is 0 Å². The van der Waals surface area contributed by atoms with Gasteiger partial charge in [-0.3, -0.25) is 4.55 Å². The van der Waals surface area contributed by atoms with Crippen molar-refractivity contribution in [2.75, 3.05) is 6.16 Å². The van der Waals surface area contributed by atoms with E-state index >= 15 is 0 Å². The van der Waals surface area contributed by atoms with Gasteiger partial charge < -0.3 is 0 Å². The molecule has 152 valence electrons. The van der Waals surface area contributed by atoms with Crippen molar-refractivity contribution in [2.45, 2.75) is 31.6 Å². The first-order valence-electron chi connectivity index (χ1n) is 9.82. The van der Waals surface area contributed by atoms with E-state index in [1.807, 2.05) is 60.3 Å². The monoisotopic (exact) mass is 428 g/mol. The molecule has 29 heavy (non-hydrogen) atoms.